The van der Waals surface area contributed by atoms with E-state index in [9.17, 15) is 4.79 Å². The number of nitrogens with zero attached hydrogens (tertiary/aromatic N) is 4. The first kappa shape index (κ1) is 14.4. The van der Waals surface area contributed by atoms with Gasteiger partial charge in [-0.25, -0.2) is 0 Å². The number of piperidine rings is 1. The lowest BCUT2D eigenvalue weighted by Crippen LogP contribution is -2.43. The maximum atomic E-state index is 12.7. The van der Waals surface area contributed by atoms with Crippen LogP contribution < -0.4 is 4.90 Å². The lowest BCUT2D eigenvalue weighted by molar-refractivity contribution is -0.119. The summed E-state index contributed by atoms with van der Waals surface area (Å²) in [6.45, 7) is 0.707. The summed E-state index contributed by atoms with van der Waals surface area (Å²) in [7, 11) is 1.88. The van der Waals surface area contributed by atoms with Crippen LogP contribution in [0.25, 0.3) is 0 Å². The van der Waals surface area contributed by atoms with E-state index >= 15 is 0 Å². The Balaban J connectivity index is 1.81. The van der Waals surface area contributed by atoms with Gasteiger partial charge in [0.25, 0.3) is 0 Å². The number of aromatic nitrogens is 3. The van der Waals surface area contributed by atoms with Crippen LogP contribution in [0.1, 0.15) is 12.8 Å². The Bertz CT molecular complexity index is 660. The highest BCUT2D eigenvalue weighted by atomic mass is 35.5. The van der Waals surface area contributed by atoms with Gasteiger partial charge in [0.1, 0.15) is 6.33 Å². The van der Waals surface area contributed by atoms with E-state index in [4.69, 9.17) is 11.6 Å². The number of anilines is 1. The summed E-state index contributed by atoms with van der Waals surface area (Å²) >= 11 is 7.68. The van der Waals surface area contributed by atoms with E-state index in [0.29, 0.717) is 11.6 Å². The largest absolute Gasteiger partial charge is 0.312 e. The fourth-order valence-electron chi connectivity index (χ4n) is 2.37. The van der Waals surface area contributed by atoms with Crippen LogP contribution in [0.2, 0.25) is 5.02 Å². The molecule has 0 spiro atoms. The first-order chi connectivity index (χ1) is 10.2. The Kier molecular flexibility index (Phi) is 4.17. The van der Waals surface area contributed by atoms with Gasteiger partial charge in [-0.2, -0.15) is 0 Å². The third kappa shape index (κ3) is 2.91. The Morgan fingerprint density at radius 1 is 1.38 bits per heavy atom. The highest BCUT2D eigenvalue weighted by Crippen LogP contribution is 2.33. The second-order valence-electron chi connectivity index (χ2n) is 4.91. The highest BCUT2D eigenvalue weighted by molar-refractivity contribution is 8.00. The van der Waals surface area contributed by atoms with Crippen LogP contribution in [0.5, 0.6) is 0 Å². The molecule has 21 heavy (non-hydrogen) atoms. The summed E-state index contributed by atoms with van der Waals surface area (Å²) in [5.74, 6) is 0.0855. The molecule has 1 aliphatic heterocycles. The van der Waals surface area contributed by atoms with Crippen molar-refractivity contribution in [3.8, 4) is 0 Å². The maximum Gasteiger partial charge on any atom is 0.240 e. The van der Waals surface area contributed by atoms with Gasteiger partial charge in [0.15, 0.2) is 5.16 Å². The predicted octanol–water partition coefficient (Wildman–Crippen LogP) is 2.76. The van der Waals surface area contributed by atoms with Crippen LogP contribution in [0, 0.1) is 0 Å². The van der Waals surface area contributed by atoms with Crippen molar-refractivity contribution in [2.24, 2.45) is 7.05 Å². The molecule has 7 heteroatoms. The average Bonchev–Trinajstić information content (AvgIpc) is 2.88. The summed E-state index contributed by atoms with van der Waals surface area (Å²) < 4.78 is 1.83. The number of carbonyl (C=O) groups is 1. The molecule has 0 aliphatic carbocycles. The smallest absolute Gasteiger partial charge is 0.240 e. The van der Waals surface area contributed by atoms with Gasteiger partial charge in [-0.15, -0.1) is 10.2 Å². The molecule has 0 N–H and O–H groups in total. The molecule has 0 saturated carbocycles. The maximum absolute atomic E-state index is 12.7. The predicted molar refractivity (Wildman–Crippen MR) is 83.7 cm³/mol. The number of rotatable bonds is 3. The molecule has 2 aromatic rings. The number of halogens is 1. The van der Waals surface area contributed by atoms with Gasteiger partial charge in [-0.05, 0) is 25.0 Å². The first-order valence-corrected chi connectivity index (χ1v) is 7.99. The second-order valence-corrected chi connectivity index (χ2v) is 6.49. The summed E-state index contributed by atoms with van der Waals surface area (Å²) in [5, 5.41) is 9.11. The van der Waals surface area contributed by atoms with Crippen LogP contribution in [0.3, 0.4) is 0 Å². The zero-order chi connectivity index (χ0) is 14.8. The third-order valence-corrected chi connectivity index (χ3v) is 5.07. The van der Waals surface area contributed by atoms with Crippen LogP contribution in [-0.2, 0) is 11.8 Å². The van der Waals surface area contributed by atoms with Gasteiger partial charge in [0.05, 0.1) is 16.0 Å². The van der Waals surface area contributed by atoms with Gasteiger partial charge >= 0.3 is 0 Å². The number of para-hydroxylation sites is 1. The van der Waals surface area contributed by atoms with Gasteiger partial charge < -0.3 is 9.47 Å². The molecule has 0 radical (unpaired) electrons. The molecule has 2 heterocycles. The van der Waals surface area contributed by atoms with E-state index in [-0.39, 0.29) is 11.2 Å². The minimum Gasteiger partial charge on any atom is -0.312 e. The van der Waals surface area contributed by atoms with E-state index in [0.717, 1.165) is 23.7 Å². The average molecular weight is 323 g/mol. The SMILES string of the molecule is Cn1cnnc1SC1CCCN(c2ccccc2Cl)C1=O. The fourth-order valence-corrected chi connectivity index (χ4v) is 3.68. The van der Waals surface area contributed by atoms with Crippen molar-refractivity contribution in [2.45, 2.75) is 23.2 Å². The molecule has 5 nitrogen and oxygen atoms in total. The van der Waals surface area contributed by atoms with Crippen molar-refractivity contribution in [1.29, 1.82) is 0 Å². The number of thioether (sulfide) groups is 1. The Morgan fingerprint density at radius 2 is 2.19 bits per heavy atom. The van der Waals surface area contributed by atoms with E-state index in [1.807, 2.05) is 35.9 Å². The number of amides is 1. The van der Waals surface area contributed by atoms with Gasteiger partial charge in [0.2, 0.25) is 5.91 Å². The monoisotopic (exact) mass is 322 g/mol. The van der Waals surface area contributed by atoms with E-state index < -0.39 is 0 Å². The summed E-state index contributed by atoms with van der Waals surface area (Å²) in [4.78, 5) is 14.5. The van der Waals surface area contributed by atoms with E-state index in [1.165, 1.54) is 11.8 Å². The molecule has 1 saturated heterocycles. The molecule has 110 valence electrons. The summed E-state index contributed by atoms with van der Waals surface area (Å²) in [6.07, 6.45) is 3.44. The Hall–Kier alpha value is -1.53. The van der Waals surface area contributed by atoms with Crippen molar-refractivity contribution in [3.63, 3.8) is 0 Å². The molecule has 1 aromatic carbocycles. The lowest BCUT2D eigenvalue weighted by Gasteiger charge is -2.32. The lowest BCUT2D eigenvalue weighted by atomic mass is 10.1. The molecule has 3 rings (SSSR count). The van der Waals surface area contributed by atoms with Crippen LogP contribution in [0.15, 0.2) is 35.7 Å². The molecular formula is C14H15ClN4OS. The van der Waals surface area contributed by atoms with Gasteiger partial charge in [-0.3, -0.25) is 4.79 Å². The number of aryl methyl sites for hydroxylation is 1. The Morgan fingerprint density at radius 3 is 2.90 bits per heavy atom. The van der Waals surface area contributed by atoms with Crippen molar-refractivity contribution in [2.75, 3.05) is 11.4 Å². The molecule has 1 aliphatic rings. The molecule has 1 aromatic heterocycles. The molecule has 1 atom stereocenters. The first-order valence-electron chi connectivity index (χ1n) is 6.73. The topological polar surface area (TPSA) is 51.0 Å². The zero-order valence-electron chi connectivity index (χ0n) is 11.6. The van der Waals surface area contributed by atoms with Crippen LogP contribution in [-0.4, -0.2) is 32.5 Å². The Labute approximate surface area is 132 Å². The number of hydrogen-bond donors (Lipinski definition) is 0. The molecular weight excluding hydrogens is 308 g/mol. The summed E-state index contributed by atoms with van der Waals surface area (Å²) in [5.41, 5.74) is 0.785. The minimum absolute atomic E-state index is 0.0855. The van der Waals surface area contributed by atoms with Crippen molar-refractivity contribution in [3.05, 3.63) is 35.6 Å². The zero-order valence-corrected chi connectivity index (χ0v) is 13.1. The van der Waals surface area contributed by atoms with Crippen molar-refractivity contribution < 1.29 is 4.79 Å². The van der Waals surface area contributed by atoms with Crippen LogP contribution in [0.4, 0.5) is 5.69 Å². The molecule has 1 fully saturated rings. The quantitative estimate of drug-likeness (QED) is 0.872. The molecule has 1 unspecified atom stereocenters. The third-order valence-electron chi connectivity index (χ3n) is 3.45. The van der Waals surface area contributed by atoms with E-state index in [2.05, 4.69) is 10.2 Å². The van der Waals surface area contributed by atoms with E-state index in [1.54, 1.807) is 11.2 Å². The number of carbonyl (C=O) groups excluding carboxylic acids is 1. The molecule has 1 amide bonds. The van der Waals surface area contributed by atoms with Crippen molar-refractivity contribution >= 4 is 35.0 Å². The van der Waals surface area contributed by atoms with Gasteiger partial charge in [0, 0.05) is 13.6 Å². The minimum atomic E-state index is -0.141. The second kappa shape index (κ2) is 6.07. The number of benzene rings is 1. The summed E-state index contributed by atoms with van der Waals surface area (Å²) in [6, 6.07) is 7.46. The van der Waals surface area contributed by atoms with Crippen molar-refractivity contribution in [1.82, 2.24) is 14.8 Å². The number of hydrogen-bond acceptors (Lipinski definition) is 4. The standard InChI is InChI=1S/C14H15ClN4OS/c1-18-9-16-17-14(18)21-12-7-4-8-19(13(12)20)11-6-3-2-5-10(11)15/h2-3,5-6,9,12H,4,7-8H2,1H3. The fraction of sp³-hybridized carbons (Fsp3) is 0.357. The normalized spacial score (nSPS) is 19.0. The van der Waals surface area contributed by atoms with Gasteiger partial charge in [-0.1, -0.05) is 35.5 Å². The van der Waals surface area contributed by atoms with Crippen LogP contribution >= 0.6 is 23.4 Å². The highest BCUT2D eigenvalue weighted by Gasteiger charge is 2.32. The molecule has 0 bridgehead atoms.